The van der Waals surface area contributed by atoms with E-state index in [1.807, 2.05) is 28.7 Å². The maximum atomic E-state index is 10.3. The number of carbonyl (C=O) groups is 1. The SMILES string of the molecule is O=C(O)CCC1=CC(I)C(O)(I)C=C1. The Bertz CT molecular complexity index is 294. The Hall–Kier alpha value is 0.370. The molecule has 0 aromatic rings. The highest BCUT2D eigenvalue weighted by molar-refractivity contribution is 14.1. The van der Waals surface area contributed by atoms with Crippen molar-refractivity contribution in [3.63, 3.8) is 0 Å². The van der Waals surface area contributed by atoms with Gasteiger partial charge in [0.15, 0.2) is 0 Å². The van der Waals surface area contributed by atoms with Crippen LogP contribution in [0.2, 0.25) is 0 Å². The van der Waals surface area contributed by atoms with Crippen LogP contribution < -0.4 is 0 Å². The van der Waals surface area contributed by atoms with Crippen LogP contribution in [0, 0.1) is 0 Å². The van der Waals surface area contributed by atoms with E-state index in [0.717, 1.165) is 5.57 Å². The number of alkyl halides is 2. The molecule has 2 unspecified atom stereocenters. The van der Waals surface area contributed by atoms with E-state index in [9.17, 15) is 9.90 Å². The molecule has 1 aliphatic carbocycles. The lowest BCUT2D eigenvalue weighted by molar-refractivity contribution is -0.136. The predicted octanol–water partition coefficient (Wildman–Crippen LogP) is 2.27. The quantitative estimate of drug-likeness (QED) is 0.545. The summed E-state index contributed by atoms with van der Waals surface area (Å²) in [6, 6.07) is 0. The minimum Gasteiger partial charge on any atom is -0.481 e. The summed E-state index contributed by atoms with van der Waals surface area (Å²) in [4.78, 5) is 10.3. The molecule has 3 nitrogen and oxygen atoms in total. The van der Waals surface area contributed by atoms with E-state index in [1.54, 1.807) is 12.2 Å². The Balaban J connectivity index is 2.59. The smallest absolute Gasteiger partial charge is 0.303 e. The van der Waals surface area contributed by atoms with E-state index in [4.69, 9.17) is 5.11 Å². The number of hydrogen-bond donors (Lipinski definition) is 2. The van der Waals surface area contributed by atoms with E-state index in [0.29, 0.717) is 6.42 Å². The van der Waals surface area contributed by atoms with E-state index in [1.165, 1.54) is 0 Å². The standard InChI is InChI=1S/C9H10I2O3/c10-7-5-6(1-2-8(12)13)3-4-9(7,11)14/h3-5,7,14H,1-2H2,(H,12,13). The molecular weight excluding hydrogens is 410 g/mol. The summed E-state index contributed by atoms with van der Waals surface area (Å²) in [5.74, 6) is -0.792. The zero-order valence-electron chi connectivity index (χ0n) is 7.28. The second kappa shape index (κ2) is 4.93. The minimum atomic E-state index is -0.842. The van der Waals surface area contributed by atoms with E-state index < -0.39 is 9.58 Å². The zero-order valence-corrected chi connectivity index (χ0v) is 11.6. The lowest BCUT2D eigenvalue weighted by Crippen LogP contribution is -2.29. The number of aliphatic carboxylic acids is 1. The van der Waals surface area contributed by atoms with Gasteiger partial charge in [-0.3, -0.25) is 4.79 Å². The van der Waals surface area contributed by atoms with Crippen LogP contribution in [0.1, 0.15) is 12.8 Å². The topological polar surface area (TPSA) is 57.5 Å². The van der Waals surface area contributed by atoms with Crippen molar-refractivity contribution in [1.82, 2.24) is 0 Å². The molecule has 0 spiro atoms. The molecule has 78 valence electrons. The van der Waals surface area contributed by atoms with Crippen molar-refractivity contribution < 1.29 is 15.0 Å². The van der Waals surface area contributed by atoms with Gasteiger partial charge in [-0.2, -0.15) is 0 Å². The number of aliphatic hydroxyl groups is 1. The Kier molecular flexibility index (Phi) is 4.38. The first-order chi connectivity index (χ1) is 6.42. The van der Waals surface area contributed by atoms with Gasteiger partial charge in [-0.05, 0) is 35.1 Å². The molecule has 0 amide bonds. The van der Waals surface area contributed by atoms with E-state index in [-0.39, 0.29) is 10.3 Å². The van der Waals surface area contributed by atoms with Crippen molar-refractivity contribution in [2.45, 2.75) is 20.4 Å². The van der Waals surface area contributed by atoms with E-state index >= 15 is 0 Å². The van der Waals surface area contributed by atoms with Crippen molar-refractivity contribution >= 4 is 51.2 Å². The molecule has 0 aromatic carbocycles. The van der Waals surface area contributed by atoms with Crippen LogP contribution in [0.4, 0.5) is 0 Å². The molecule has 0 saturated carbocycles. The number of rotatable bonds is 3. The second-order valence-electron chi connectivity index (χ2n) is 3.10. The van der Waals surface area contributed by atoms with Gasteiger partial charge in [0.05, 0.1) is 3.92 Å². The van der Waals surface area contributed by atoms with Crippen LogP contribution in [0.5, 0.6) is 0 Å². The summed E-state index contributed by atoms with van der Waals surface area (Å²) < 4.78 is -0.847. The first-order valence-corrected chi connectivity index (χ1v) is 6.41. The van der Waals surface area contributed by atoms with Crippen molar-refractivity contribution in [3.05, 3.63) is 23.8 Å². The summed E-state index contributed by atoms with van der Waals surface area (Å²) in [7, 11) is 0. The molecule has 0 heterocycles. The van der Waals surface area contributed by atoms with Crippen molar-refractivity contribution in [2.75, 3.05) is 0 Å². The number of hydrogen-bond acceptors (Lipinski definition) is 2. The monoisotopic (exact) mass is 420 g/mol. The Morgan fingerprint density at radius 1 is 1.64 bits per heavy atom. The highest BCUT2D eigenvalue weighted by atomic mass is 127. The molecule has 0 bridgehead atoms. The highest BCUT2D eigenvalue weighted by Crippen LogP contribution is 2.34. The van der Waals surface area contributed by atoms with E-state index in [2.05, 4.69) is 22.6 Å². The number of allylic oxidation sites excluding steroid dienone is 2. The molecule has 0 aliphatic heterocycles. The zero-order chi connectivity index (χ0) is 10.8. The summed E-state index contributed by atoms with van der Waals surface area (Å²) >= 11 is 4.11. The van der Waals surface area contributed by atoms with Crippen molar-refractivity contribution in [3.8, 4) is 0 Å². The molecule has 14 heavy (non-hydrogen) atoms. The van der Waals surface area contributed by atoms with Crippen LogP contribution in [0.15, 0.2) is 23.8 Å². The maximum absolute atomic E-state index is 10.3. The third-order valence-electron chi connectivity index (χ3n) is 1.91. The molecule has 2 atom stereocenters. The van der Waals surface area contributed by atoms with Gasteiger partial charge >= 0.3 is 5.97 Å². The molecular formula is C9H10I2O3. The Morgan fingerprint density at radius 2 is 2.29 bits per heavy atom. The third-order valence-corrected chi connectivity index (χ3v) is 5.44. The largest absolute Gasteiger partial charge is 0.481 e. The molecule has 5 heteroatoms. The fraction of sp³-hybridized carbons (Fsp3) is 0.444. The molecule has 1 aliphatic rings. The van der Waals surface area contributed by atoms with Gasteiger partial charge in [0.2, 0.25) is 0 Å². The second-order valence-corrected chi connectivity index (χ2v) is 6.17. The fourth-order valence-electron chi connectivity index (χ4n) is 1.09. The molecule has 1 rings (SSSR count). The highest BCUT2D eigenvalue weighted by Gasteiger charge is 2.29. The van der Waals surface area contributed by atoms with Gasteiger partial charge < -0.3 is 10.2 Å². The van der Waals surface area contributed by atoms with Gasteiger partial charge in [0, 0.05) is 6.42 Å². The number of halogens is 2. The Morgan fingerprint density at radius 3 is 2.79 bits per heavy atom. The summed E-state index contributed by atoms with van der Waals surface area (Å²) in [6.45, 7) is 0. The van der Waals surface area contributed by atoms with Gasteiger partial charge in [0.25, 0.3) is 0 Å². The van der Waals surface area contributed by atoms with Crippen LogP contribution >= 0.6 is 45.2 Å². The maximum Gasteiger partial charge on any atom is 0.303 e. The first-order valence-electron chi connectivity index (χ1n) is 4.09. The first kappa shape index (κ1) is 12.4. The van der Waals surface area contributed by atoms with Gasteiger partial charge in [-0.15, -0.1) is 0 Å². The predicted molar refractivity (Wildman–Crippen MR) is 70.9 cm³/mol. The van der Waals surface area contributed by atoms with Crippen molar-refractivity contribution in [2.24, 2.45) is 0 Å². The molecule has 0 saturated heterocycles. The third kappa shape index (κ3) is 3.50. The van der Waals surface area contributed by atoms with Gasteiger partial charge in [-0.1, -0.05) is 40.3 Å². The molecule has 0 fully saturated rings. The van der Waals surface area contributed by atoms with Crippen LogP contribution in [0.3, 0.4) is 0 Å². The number of carboxylic acids is 1. The molecule has 0 aromatic heterocycles. The average Bonchev–Trinajstić information content (AvgIpc) is 2.07. The molecule has 0 radical (unpaired) electrons. The number of carboxylic acid groups (broad SMARTS) is 1. The lowest BCUT2D eigenvalue weighted by Gasteiger charge is -2.25. The average molecular weight is 420 g/mol. The van der Waals surface area contributed by atoms with Crippen LogP contribution in [0.25, 0.3) is 0 Å². The fourth-order valence-corrected chi connectivity index (χ4v) is 2.12. The minimum absolute atomic E-state index is 0.00510. The van der Waals surface area contributed by atoms with Gasteiger partial charge in [-0.25, -0.2) is 0 Å². The summed E-state index contributed by atoms with van der Waals surface area (Å²) in [5.41, 5.74) is 0.980. The molecule has 2 N–H and O–H groups in total. The summed E-state index contributed by atoms with van der Waals surface area (Å²) in [5, 5.41) is 18.3. The summed E-state index contributed by atoms with van der Waals surface area (Å²) in [6.07, 6.45) is 6.08. The van der Waals surface area contributed by atoms with Gasteiger partial charge in [0.1, 0.15) is 3.61 Å². The Labute approximate surface area is 110 Å². The normalized spacial score (nSPS) is 31.4. The lowest BCUT2D eigenvalue weighted by atomic mass is 10.0. The van der Waals surface area contributed by atoms with Crippen LogP contribution in [-0.4, -0.2) is 23.7 Å². The van der Waals surface area contributed by atoms with Crippen LogP contribution in [-0.2, 0) is 4.79 Å². The van der Waals surface area contributed by atoms with Crippen molar-refractivity contribution in [1.29, 1.82) is 0 Å².